The van der Waals surface area contributed by atoms with Gasteiger partial charge in [0.2, 0.25) is 0 Å². The quantitative estimate of drug-likeness (QED) is 0.798. The first-order chi connectivity index (χ1) is 10.7. The van der Waals surface area contributed by atoms with E-state index in [-0.39, 0.29) is 5.91 Å². The van der Waals surface area contributed by atoms with Gasteiger partial charge in [0.25, 0.3) is 5.91 Å². The summed E-state index contributed by atoms with van der Waals surface area (Å²) in [6, 6.07) is 16.9. The van der Waals surface area contributed by atoms with Crippen LogP contribution < -0.4 is 10.1 Å². The van der Waals surface area contributed by atoms with Crippen molar-refractivity contribution in [2.45, 2.75) is 6.92 Å². The number of anilines is 1. The first-order valence-electron chi connectivity index (χ1n) is 7.00. The van der Waals surface area contributed by atoms with E-state index in [1.54, 1.807) is 19.2 Å². The van der Waals surface area contributed by atoms with Crippen LogP contribution in [0, 0.1) is 6.92 Å². The van der Waals surface area contributed by atoms with E-state index >= 15 is 0 Å². The summed E-state index contributed by atoms with van der Waals surface area (Å²) in [5, 5.41) is 3.82. The van der Waals surface area contributed by atoms with Crippen LogP contribution in [-0.2, 0) is 0 Å². The number of nitrogens with one attached hydrogen (secondary N) is 1. The van der Waals surface area contributed by atoms with Crippen molar-refractivity contribution in [3.05, 3.63) is 65.9 Å². The SMILES string of the molecule is COc1ccccc1NC(=O)c1cc2ccccc2nc1C. The molecule has 0 atom stereocenters. The van der Waals surface area contributed by atoms with Crippen LogP contribution in [0.15, 0.2) is 54.6 Å². The number of hydrogen-bond donors (Lipinski definition) is 1. The normalized spacial score (nSPS) is 10.5. The molecule has 22 heavy (non-hydrogen) atoms. The van der Waals surface area contributed by atoms with Gasteiger partial charge >= 0.3 is 0 Å². The van der Waals surface area contributed by atoms with E-state index in [9.17, 15) is 4.79 Å². The summed E-state index contributed by atoms with van der Waals surface area (Å²) in [4.78, 5) is 17.0. The molecule has 0 bridgehead atoms. The number of carbonyl (C=O) groups excluding carboxylic acids is 1. The van der Waals surface area contributed by atoms with Crippen LogP contribution in [-0.4, -0.2) is 18.0 Å². The summed E-state index contributed by atoms with van der Waals surface area (Å²) in [5.74, 6) is 0.433. The zero-order valence-electron chi connectivity index (χ0n) is 12.5. The zero-order valence-corrected chi connectivity index (χ0v) is 12.5. The van der Waals surface area contributed by atoms with Crippen molar-refractivity contribution in [3.63, 3.8) is 0 Å². The van der Waals surface area contributed by atoms with E-state index < -0.39 is 0 Å². The van der Waals surface area contributed by atoms with Crippen molar-refractivity contribution in [1.82, 2.24) is 4.98 Å². The van der Waals surface area contributed by atoms with Crippen LogP contribution in [0.25, 0.3) is 10.9 Å². The number of benzene rings is 2. The Bertz CT molecular complexity index is 843. The van der Waals surface area contributed by atoms with Crippen LogP contribution in [0.1, 0.15) is 16.1 Å². The molecule has 1 aromatic heterocycles. The van der Waals surface area contributed by atoms with E-state index in [0.717, 1.165) is 10.9 Å². The molecule has 110 valence electrons. The minimum Gasteiger partial charge on any atom is -0.495 e. The Balaban J connectivity index is 1.97. The third-order valence-corrected chi connectivity index (χ3v) is 3.51. The second-order valence-corrected chi connectivity index (χ2v) is 4.97. The van der Waals surface area contributed by atoms with Gasteiger partial charge in [-0.25, -0.2) is 0 Å². The summed E-state index contributed by atoms with van der Waals surface area (Å²) in [6.45, 7) is 1.84. The summed E-state index contributed by atoms with van der Waals surface area (Å²) in [5.41, 5.74) is 2.78. The third-order valence-electron chi connectivity index (χ3n) is 3.51. The minimum atomic E-state index is -0.194. The Morgan fingerprint density at radius 2 is 1.82 bits per heavy atom. The maximum absolute atomic E-state index is 12.5. The van der Waals surface area contributed by atoms with E-state index in [0.29, 0.717) is 22.7 Å². The van der Waals surface area contributed by atoms with Crippen LogP contribution in [0.2, 0.25) is 0 Å². The number of para-hydroxylation sites is 3. The number of aryl methyl sites for hydroxylation is 1. The minimum absolute atomic E-state index is 0.194. The summed E-state index contributed by atoms with van der Waals surface area (Å²) < 4.78 is 5.25. The third kappa shape index (κ3) is 2.63. The molecule has 1 amide bonds. The average Bonchev–Trinajstić information content (AvgIpc) is 2.54. The van der Waals surface area contributed by atoms with Gasteiger partial charge in [-0.3, -0.25) is 9.78 Å². The summed E-state index contributed by atoms with van der Waals surface area (Å²) in [7, 11) is 1.58. The second kappa shape index (κ2) is 5.85. The molecule has 0 unspecified atom stereocenters. The van der Waals surface area contributed by atoms with Crippen LogP contribution >= 0.6 is 0 Å². The van der Waals surface area contributed by atoms with E-state index in [1.807, 2.05) is 49.4 Å². The van der Waals surface area contributed by atoms with Gasteiger partial charge < -0.3 is 10.1 Å². The van der Waals surface area contributed by atoms with E-state index in [1.165, 1.54) is 0 Å². The molecule has 0 fully saturated rings. The van der Waals surface area contributed by atoms with Crippen molar-refractivity contribution in [2.24, 2.45) is 0 Å². The number of fused-ring (bicyclic) bond motifs is 1. The lowest BCUT2D eigenvalue weighted by Gasteiger charge is -2.11. The Morgan fingerprint density at radius 3 is 2.64 bits per heavy atom. The van der Waals surface area contributed by atoms with Crippen molar-refractivity contribution in [1.29, 1.82) is 0 Å². The highest BCUT2D eigenvalue weighted by atomic mass is 16.5. The molecule has 1 N–H and O–H groups in total. The maximum Gasteiger partial charge on any atom is 0.257 e. The molecule has 1 heterocycles. The number of pyridine rings is 1. The number of ether oxygens (including phenoxy) is 1. The van der Waals surface area contributed by atoms with Gasteiger partial charge in [0.15, 0.2) is 0 Å². The van der Waals surface area contributed by atoms with E-state index in [4.69, 9.17) is 4.74 Å². The molecule has 4 nitrogen and oxygen atoms in total. The van der Waals surface area contributed by atoms with Crippen LogP contribution in [0.5, 0.6) is 5.75 Å². The van der Waals surface area contributed by atoms with Gasteiger partial charge in [0.05, 0.1) is 29.6 Å². The number of amides is 1. The van der Waals surface area contributed by atoms with E-state index in [2.05, 4.69) is 10.3 Å². The molecule has 0 radical (unpaired) electrons. The fraction of sp³-hybridized carbons (Fsp3) is 0.111. The maximum atomic E-state index is 12.5. The molecular formula is C18H16N2O2. The first kappa shape index (κ1) is 14.1. The number of aromatic nitrogens is 1. The van der Waals surface area contributed by atoms with Gasteiger partial charge in [0.1, 0.15) is 5.75 Å². The highest BCUT2D eigenvalue weighted by Gasteiger charge is 2.13. The van der Waals surface area contributed by atoms with Gasteiger partial charge in [-0.15, -0.1) is 0 Å². The summed E-state index contributed by atoms with van der Waals surface area (Å²) >= 11 is 0. The fourth-order valence-corrected chi connectivity index (χ4v) is 2.38. The number of hydrogen-bond acceptors (Lipinski definition) is 3. The molecule has 0 saturated heterocycles. The number of carbonyl (C=O) groups is 1. The topological polar surface area (TPSA) is 51.2 Å². The number of methoxy groups -OCH3 is 1. The molecular weight excluding hydrogens is 276 g/mol. The van der Waals surface area contributed by atoms with Crippen molar-refractivity contribution >= 4 is 22.5 Å². The molecule has 4 heteroatoms. The lowest BCUT2D eigenvalue weighted by Crippen LogP contribution is -2.14. The van der Waals surface area contributed by atoms with Crippen molar-refractivity contribution in [2.75, 3.05) is 12.4 Å². The Kier molecular flexibility index (Phi) is 3.74. The Morgan fingerprint density at radius 1 is 1.09 bits per heavy atom. The van der Waals surface area contributed by atoms with Gasteiger partial charge in [-0.2, -0.15) is 0 Å². The second-order valence-electron chi connectivity index (χ2n) is 4.97. The highest BCUT2D eigenvalue weighted by molar-refractivity contribution is 6.07. The Hall–Kier alpha value is -2.88. The van der Waals surface area contributed by atoms with Crippen LogP contribution in [0.4, 0.5) is 5.69 Å². The predicted octanol–water partition coefficient (Wildman–Crippen LogP) is 3.80. The first-order valence-corrected chi connectivity index (χ1v) is 7.00. The lowest BCUT2D eigenvalue weighted by atomic mass is 10.1. The van der Waals surface area contributed by atoms with Crippen molar-refractivity contribution in [3.8, 4) is 5.75 Å². The number of rotatable bonds is 3. The molecule has 3 rings (SSSR count). The summed E-state index contributed by atoms with van der Waals surface area (Å²) in [6.07, 6.45) is 0. The smallest absolute Gasteiger partial charge is 0.257 e. The zero-order chi connectivity index (χ0) is 15.5. The van der Waals surface area contributed by atoms with Gasteiger partial charge in [-0.05, 0) is 31.2 Å². The highest BCUT2D eigenvalue weighted by Crippen LogP contribution is 2.24. The van der Waals surface area contributed by atoms with Gasteiger partial charge in [-0.1, -0.05) is 30.3 Å². The molecule has 0 spiro atoms. The monoisotopic (exact) mass is 292 g/mol. The molecule has 0 saturated carbocycles. The van der Waals surface area contributed by atoms with Gasteiger partial charge in [0, 0.05) is 5.39 Å². The molecule has 0 aliphatic rings. The number of nitrogens with zero attached hydrogens (tertiary/aromatic N) is 1. The van der Waals surface area contributed by atoms with Crippen molar-refractivity contribution < 1.29 is 9.53 Å². The predicted molar refractivity (Wildman–Crippen MR) is 87.4 cm³/mol. The fourth-order valence-electron chi connectivity index (χ4n) is 2.38. The standard InChI is InChI=1S/C18H16N2O2/c1-12-14(11-13-7-3-4-8-15(13)19-12)18(21)20-16-9-5-6-10-17(16)22-2/h3-11H,1-2H3,(H,20,21). The molecule has 0 aliphatic carbocycles. The molecule has 0 aliphatic heterocycles. The Labute approximate surface area is 128 Å². The van der Waals surface area contributed by atoms with Crippen LogP contribution in [0.3, 0.4) is 0 Å². The molecule has 3 aromatic rings. The largest absolute Gasteiger partial charge is 0.495 e. The molecule has 2 aromatic carbocycles. The average molecular weight is 292 g/mol. The lowest BCUT2D eigenvalue weighted by molar-refractivity contribution is 0.102.